The van der Waals surface area contributed by atoms with Crippen molar-refractivity contribution in [2.75, 3.05) is 9.80 Å². The summed E-state index contributed by atoms with van der Waals surface area (Å²) in [7, 11) is 0. The number of hydrogen-bond donors (Lipinski definition) is 0. The van der Waals surface area contributed by atoms with Crippen LogP contribution in [0.5, 0.6) is 11.5 Å². The van der Waals surface area contributed by atoms with Crippen molar-refractivity contribution in [1.29, 1.82) is 0 Å². The first-order chi connectivity index (χ1) is 31.5. The standard InChI is InChI=1S/C60H54FN4O.Pt/c1-58(2,3)42-28-29-62-56(34-42)65-52-21-14-13-20-50(52)57-51(40-22-25-45(61)26-23-40)36-49(37-55(57)65)66-48-19-15-18-46(35-48)63-38-64(47-32-43(59(4,5)6)31-44(33-47)60(7,8)9)53-27-24-41(30-54(53)63)39-16-11-10-12-17-39;/h10-34,36,38H,1-9H3;/q-3;. The minimum absolute atomic E-state index is 0. The van der Waals surface area contributed by atoms with E-state index in [9.17, 15) is 4.39 Å². The molecule has 5 nitrogen and oxygen atoms in total. The van der Waals surface area contributed by atoms with E-state index in [-0.39, 0.29) is 43.1 Å². The summed E-state index contributed by atoms with van der Waals surface area (Å²) in [5.41, 5.74) is 13.4. The van der Waals surface area contributed by atoms with E-state index < -0.39 is 0 Å². The van der Waals surface area contributed by atoms with Crippen LogP contribution < -0.4 is 14.5 Å². The zero-order valence-electron chi connectivity index (χ0n) is 39.5. The summed E-state index contributed by atoms with van der Waals surface area (Å²) >= 11 is 0. The monoisotopic (exact) mass is 1060 g/mol. The number of aromatic nitrogens is 2. The average molecular weight is 1060 g/mol. The molecule has 7 heteroatoms. The maximum absolute atomic E-state index is 14.5. The predicted octanol–water partition coefficient (Wildman–Crippen LogP) is 16.3. The first kappa shape index (κ1) is 45.7. The van der Waals surface area contributed by atoms with Crippen molar-refractivity contribution < 1.29 is 30.2 Å². The third kappa shape index (κ3) is 8.80. The maximum atomic E-state index is 14.5. The van der Waals surface area contributed by atoms with Crippen molar-refractivity contribution in [2.45, 2.75) is 78.6 Å². The fourth-order valence-corrected chi connectivity index (χ4v) is 8.88. The Hall–Kier alpha value is -6.49. The fraction of sp³-hybridized carbons (Fsp3) is 0.200. The number of hydrogen-bond acceptors (Lipinski definition) is 4. The topological polar surface area (TPSA) is 33.5 Å². The van der Waals surface area contributed by atoms with Gasteiger partial charge in [0.15, 0.2) is 0 Å². The van der Waals surface area contributed by atoms with Gasteiger partial charge in [0.2, 0.25) is 0 Å². The molecule has 0 spiro atoms. The summed E-state index contributed by atoms with van der Waals surface area (Å²) in [6.45, 7) is 22.4. The zero-order chi connectivity index (χ0) is 46.1. The van der Waals surface area contributed by atoms with Crippen LogP contribution in [0.1, 0.15) is 79.0 Å². The smallest absolute Gasteiger partial charge is 0.135 e. The predicted molar refractivity (Wildman–Crippen MR) is 271 cm³/mol. The van der Waals surface area contributed by atoms with Gasteiger partial charge >= 0.3 is 0 Å². The molecule has 340 valence electrons. The van der Waals surface area contributed by atoms with Gasteiger partial charge in [0.05, 0.1) is 0 Å². The molecule has 7 aromatic carbocycles. The van der Waals surface area contributed by atoms with Crippen molar-refractivity contribution in [2.24, 2.45) is 0 Å². The molecule has 3 heterocycles. The number of nitrogens with zero attached hydrogens (tertiary/aromatic N) is 4. The van der Waals surface area contributed by atoms with E-state index in [2.05, 4.69) is 186 Å². The Morgan fingerprint density at radius 3 is 1.93 bits per heavy atom. The molecule has 0 amide bonds. The second-order valence-electron chi connectivity index (χ2n) is 20.5. The number of fused-ring (bicyclic) bond motifs is 4. The van der Waals surface area contributed by atoms with Crippen LogP contribution in [0.15, 0.2) is 158 Å². The second-order valence-corrected chi connectivity index (χ2v) is 20.5. The molecule has 0 N–H and O–H groups in total. The van der Waals surface area contributed by atoms with Crippen molar-refractivity contribution in [1.82, 2.24) is 9.55 Å². The van der Waals surface area contributed by atoms with Gasteiger partial charge in [-0.2, -0.15) is 6.07 Å². The van der Waals surface area contributed by atoms with Crippen molar-refractivity contribution in [3.8, 4) is 39.6 Å². The van der Waals surface area contributed by atoms with Crippen molar-refractivity contribution >= 4 is 44.6 Å². The van der Waals surface area contributed by atoms with Crippen LogP contribution in [-0.4, -0.2) is 9.55 Å². The molecule has 0 fully saturated rings. The van der Waals surface area contributed by atoms with Crippen LogP contribution in [0.2, 0.25) is 0 Å². The molecule has 2 aromatic heterocycles. The molecular formula is C60H54FN4OPt-3. The number of halogens is 1. The number of para-hydroxylation sites is 1. The largest absolute Gasteiger partial charge is 0.509 e. The van der Waals surface area contributed by atoms with E-state index in [4.69, 9.17) is 9.72 Å². The molecule has 0 radical (unpaired) electrons. The summed E-state index contributed by atoms with van der Waals surface area (Å²) in [5.74, 6) is 1.52. The van der Waals surface area contributed by atoms with E-state index in [0.29, 0.717) is 11.5 Å². The molecule has 9 aromatic rings. The van der Waals surface area contributed by atoms with Gasteiger partial charge in [-0.3, -0.25) is 0 Å². The summed E-state index contributed by atoms with van der Waals surface area (Å²) in [6.07, 6.45) is 1.88. The molecule has 0 saturated carbocycles. The third-order valence-corrected chi connectivity index (χ3v) is 12.6. The van der Waals surface area contributed by atoms with Gasteiger partial charge in [0.1, 0.15) is 11.6 Å². The van der Waals surface area contributed by atoms with Gasteiger partial charge in [0, 0.05) is 61.3 Å². The van der Waals surface area contributed by atoms with E-state index in [0.717, 1.165) is 72.6 Å². The van der Waals surface area contributed by atoms with E-state index in [1.165, 1.54) is 28.8 Å². The Morgan fingerprint density at radius 1 is 0.552 bits per heavy atom. The number of rotatable bonds is 7. The fourth-order valence-electron chi connectivity index (χ4n) is 8.88. The minimum atomic E-state index is -0.294. The Labute approximate surface area is 409 Å². The number of pyridine rings is 1. The quantitative estimate of drug-likeness (QED) is 0.149. The molecule has 67 heavy (non-hydrogen) atoms. The molecule has 0 saturated heterocycles. The van der Waals surface area contributed by atoms with Gasteiger partial charge in [-0.05, 0) is 110 Å². The van der Waals surface area contributed by atoms with Gasteiger partial charge in [0.25, 0.3) is 0 Å². The Bertz CT molecular complexity index is 3250. The molecule has 0 atom stereocenters. The summed E-state index contributed by atoms with van der Waals surface area (Å²) in [4.78, 5) is 9.42. The first-order valence-corrected chi connectivity index (χ1v) is 22.7. The molecule has 10 rings (SSSR count). The van der Waals surface area contributed by atoms with Crippen LogP contribution in [0.3, 0.4) is 0 Å². The average Bonchev–Trinajstić information content (AvgIpc) is 3.84. The Kier molecular flexibility index (Phi) is 11.8. The van der Waals surface area contributed by atoms with Gasteiger partial charge in [-0.1, -0.05) is 146 Å². The number of anilines is 4. The second kappa shape index (κ2) is 17.3. The normalized spacial score (nSPS) is 13.0. The molecular weight excluding hydrogens is 1010 g/mol. The van der Waals surface area contributed by atoms with Crippen molar-refractivity contribution in [3.63, 3.8) is 0 Å². The van der Waals surface area contributed by atoms with Crippen LogP contribution in [0.25, 0.3) is 49.9 Å². The molecule has 0 aliphatic carbocycles. The van der Waals surface area contributed by atoms with Gasteiger partial charge in [-0.25, -0.2) is 9.37 Å². The third-order valence-electron chi connectivity index (χ3n) is 12.6. The van der Waals surface area contributed by atoms with Gasteiger partial charge < -0.3 is 19.1 Å². The van der Waals surface area contributed by atoms with E-state index >= 15 is 0 Å². The summed E-state index contributed by atoms with van der Waals surface area (Å²) in [5, 5.41) is 2.02. The van der Waals surface area contributed by atoms with Gasteiger partial charge in [-0.15, -0.1) is 48.3 Å². The van der Waals surface area contributed by atoms with Crippen LogP contribution >= 0.6 is 0 Å². The van der Waals surface area contributed by atoms with Crippen LogP contribution in [0.4, 0.5) is 27.1 Å². The van der Waals surface area contributed by atoms with Crippen LogP contribution in [0, 0.1) is 24.6 Å². The Balaban J connectivity index is 0.00000562. The first-order valence-electron chi connectivity index (χ1n) is 22.7. The molecule has 1 aliphatic heterocycles. The molecule has 0 bridgehead atoms. The summed E-state index contributed by atoms with van der Waals surface area (Å²) in [6, 6.07) is 58.8. The molecule has 0 unspecified atom stereocenters. The maximum Gasteiger partial charge on any atom is 0.135 e. The van der Waals surface area contributed by atoms with E-state index in [1.54, 1.807) is 0 Å². The minimum Gasteiger partial charge on any atom is -0.509 e. The summed E-state index contributed by atoms with van der Waals surface area (Å²) < 4.78 is 23.5. The molecule has 1 aliphatic rings. The van der Waals surface area contributed by atoms with E-state index in [1.807, 2.05) is 54.7 Å². The van der Waals surface area contributed by atoms with Crippen molar-refractivity contribution in [3.05, 3.63) is 199 Å². The SMILES string of the molecule is CC(C)(C)c1cc(N2[CH-]N(c3[c-]c(Oc4[c-]c5c(c(-c6ccc(F)cc6)c4)c4ccccc4n5-c4cc(C(C)(C)C)ccn4)ccc3)c3cc(-c4ccccc4)ccc32)cc(C(C)(C)C)c1.[Pt]. The Morgan fingerprint density at radius 2 is 1.22 bits per heavy atom. The zero-order valence-corrected chi connectivity index (χ0v) is 41.8. The van der Waals surface area contributed by atoms with Crippen LogP contribution in [-0.2, 0) is 37.3 Å². The number of ether oxygens (including phenoxy) is 1. The number of benzene rings is 7.